The smallest absolute Gasteiger partial charge is 0.167 e. The van der Waals surface area contributed by atoms with Gasteiger partial charge in [-0.25, -0.2) is 8.78 Å². The predicted molar refractivity (Wildman–Crippen MR) is 69.2 cm³/mol. The highest BCUT2D eigenvalue weighted by Crippen LogP contribution is 2.24. The summed E-state index contributed by atoms with van der Waals surface area (Å²) in [5, 5.41) is 0. The Morgan fingerprint density at radius 3 is 2.61 bits per heavy atom. The largest absolute Gasteiger partial charge is 0.486 e. The van der Waals surface area contributed by atoms with Crippen molar-refractivity contribution in [3.8, 4) is 5.75 Å². The minimum atomic E-state index is -0.694. The van der Waals surface area contributed by atoms with Gasteiger partial charge in [-0.05, 0) is 17.7 Å². The molecule has 2 rings (SSSR count). The van der Waals surface area contributed by atoms with Gasteiger partial charge >= 0.3 is 0 Å². The lowest BCUT2D eigenvalue weighted by Crippen LogP contribution is -2.00. The first-order valence-electron chi connectivity index (χ1n) is 5.18. The van der Waals surface area contributed by atoms with Crippen molar-refractivity contribution >= 4 is 21.6 Å². The van der Waals surface area contributed by atoms with Gasteiger partial charge in [0.2, 0.25) is 0 Å². The Bertz CT molecular complexity index is 575. The number of nitrogen functional groups attached to an aromatic ring is 1. The van der Waals surface area contributed by atoms with E-state index in [2.05, 4.69) is 15.9 Å². The molecular formula is C13H10BrF2NO. The Morgan fingerprint density at radius 2 is 1.89 bits per heavy atom. The highest BCUT2D eigenvalue weighted by Gasteiger charge is 2.09. The molecule has 0 aliphatic carbocycles. The molecule has 94 valence electrons. The molecule has 2 N–H and O–H groups in total. The summed E-state index contributed by atoms with van der Waals surface area (Å²) in [5.74, 6) is -1.52. The second-order valence-corrected chi connectivity index (χ2v) is 4.64. The number of anilines is 1. The van der Waals surface area contributed by atoms with Crippen molar-refractivity contribution in [3.05, 3.63) is 58.1 Å². The van der Waals surface area contributed by atoms with E-state index < -0.39 is 11.6 Å². The molecule has 0 aliphatic rings. The van der Waals surface area contributed by atoms with Crippen LogP contribution in [-0.2, 0) is 6.61 Å². The SMILES string of the molecule is Nc1cc(F)c(OCc2cccc(Br)c2)cc1F. The normalized spacial score (nSPS) is 10.4. The summed E-state index contributed by atoms with van der Waals surface area (Å²) >= 11 is 3.32. The van der Waals surface area contributed by atoms with E-state index in [9.17, 15) is 8.78 Å². The summed E-state index contributed by atoms with van der Waals surface area (Å²) in [6.45, 7) is 0.152. The Labute approximate surface area is 112 Å². The molecule has 0 saturated heterocycles. The third-order valence-electron chi connectivity index (χ3n) is 2.33. The molecule has 0 bridgehead atoms. The van der Waals surface area contributed by atoms with E-state index >= 15 is 0 Å². The summed E-state index contributed by atoms with van der Waals surface area (Å²) in [5.41, 5.74) is 5.85. The first kappa shape index (κ1) is 12.8. The van der Waals surface area contributed by atoms with Crippen LogP contribution in [0.2, 0.25) is 0 Å². The second-order valence-electron chi connectivity index (χ2n) is 3.72. The summed E-state index contributed by atoms with van der Waals surface area (Å²) in [6.07, 6.45) is 0. The summed E-state index contributed by atoms with van der Waals surface area (Å²) < 4.78 is 32.7. The van der Waals surface area contributed by atoms with Gasteiger partial charge in [0, 0.05) is 16.6 Å². The molecule has 0 aromatic heterocycles. The minimum Gasteiger partial charge on any atom is -0.486 e. The van der Waals surface area contributed by atoms with Crippen molar-refractivity contribution in [1.29, 1.82) is 0 Å². The quantitative estimate of drug-likeness (QED) is 0.873. The lowest BCUT2D eigenvalue weighted by atomic mass is 10.2. The van der Waals surface area contributed by atoms with Crippen LogP contribution >= 0.6 is 15.9 Å². The lowest BCUT2D eigenvalue weighted by Gasteiger charge is -2.08. The highest BCUT2D eigenvalue weighted by atomic mass is 79.9. The Kier molecular flexibility index (Phi) is 3.81. The van der Waals surface area contributed by atoms with Gasteiger partial charge in [0.05, 0.1) is 5.69 Å². The van der Waals surface area contributed by atoms with Crippen LogP contribution in [0, 0.1) is 11.6 Å². The zero-order chi connectivity index (χ0) is 13.1. The topological polar surface area (TPSA) is 35.2 Å². The lowest BCUT2D eigenvalue weighted by molar-refractivity contribution is 0.288. The van der Waals surface area contributed by atoms with E-state index in [1.165, 1.54) is 0 Å². The molecule has 18 heavy (non-hydrogen) atoms. The molecule has 0 aliphatic heterocycles. The van der Waals surface area contributed by atoms with Gasteiger partial charge in [-0.1, -0.05) is 28.1 Å². The average Bonchev–Trinajstić information content (AvgIpc) is 2.32. The van der Waals surface area contributed by atoms with E-state index in [1.807, 2.05) is 24.3 Å². The van der Waals surface area contributed by atoms with Crippen molar-refractivity contribution in [3.63, 3.8) is 0 Å². The number of hydrogen-bond acceptors (Lipinski definition) is 2. The maximum absolute atomic E-state index is 13.4. The van der Waals surface area contributed by atoms with Crippen molar-refractivity contribution < 1.29 is 13.5 Å². The predicted octanol–water partition coefficient (Wildman–Crippen LogP) is 3.89. The fourth-order valence-electron chi connectivity index (χ4n) is 1.44. The molecule has 2 aromatic rings. The van der Waals surface area contributed by atoms with Gasteiger partial charge in [0.25, 0.3) is 0 Å². The fraction of sp³-hybridized carbons (Fsp3) is 0.0769. The van der Waals surface area contributed by atoms with Crippen molar-refractivity contribution in [2.45, 2.75) is 6.61 Å². The van der Waals surface area contributed by atoms with Gasteiger partial charge in [-0.15, -0.1) is 0 Å². The van der Waals surface area contributed by atoms with Gasteiger partial charge < -0.3 is 10.5 Å². The number of ether oxygens (including phenoxy) is 1. The standard InChI is InChI=1S/C13H10BrF2NO/c14-9-3-1-2-8(4-9)7-18-13-6-10(15)12(17)5-11(13)16/h1-6H,7,17H2. The maximum Gasteiger partial charge on any atom is 0.167 e. The van der Waals surface area contributed by atoms with Crippen LogP contribution in [0.1, 0.15) is 5.56 Å². The molecule has 0 radical (unpaired) electrons. The van der Waals surface area contributed by atoms with E-state index in [0.29, 0.717) is 0 Å². The molecule has 0 unspecified atom stereocenters. The van der Waals surface area contributed by atoms with Gasteiger partial charge in [0.15, 0.2) is 11.6 Å². The second kappa shape index (κ2) is 5.35. The van der Waals surface area contributed by atoms with E-state index in [0.717, 1.165) is 22.2 Å². The Morgan fingerprint density at radius 1 is 1.11 bits per heavy atom. The van der Waals surface area contributed by atoms with Crippen molar-refractivity contribution in [2.75, 3.05) is 5.73 Å². The molecule has 5 heteroatoms. The molecule has 0 fully saturated rings. The number of nitrogens with two attached hydrogens (primary N) is 1. The Hall–Kier alpha value is -1.62. The number of rotatable bonds is 3. The van der Waals surface area contributed by atoms with Crippen LogP contribution in [0.4, 0.5) is 14.5 Å². The molecule has 0 atom stereocenters. The monoisotopic (exact) mass is 313 g/mol. The number of halogens is 3. The van der Waals surface area contributed by atoms with Crippen LogP contribution in [0.5, 0.6) is 5.75 Å². The molecular weight excluding hydrogens is 304 g/mol. The zero-order valence-electron chi connectivity index (χ0n) is 9.29. The highest BCUT2D eigenvalue weighted by molar-refractivity contribution is 9.10. The molecule has 0 spiro atoms. The third kappa shape index (κ3) is 2.98. The molecule has 0 heterocycles. The summed E-state index contributed by atoms with van der Waals surface area (Å²) in [4.78, 5) is 0. The van der Waals surface area contributed by atoms with Crippen LogP contribution in [-0.4, -0.2) is 0 Å². The minimum absolute atomic E-state index is 0.151. The third-order valence-corrected chi connectivity index (χ3v) is 2.83. The maximum atomic E-state index is 13.4. The van der Waals surface area contributed by atoms with Crippen LogP contribution < -0.4 is 10.5 Å². The average molecular weight is 314 g/mol. The van der Waals surface area contributed by atoms with Gasteiger partial charge in [-0.3, -0.25) is 0 Å². The van der Waals surface area contributed by atoms with E-state index in [1.54, 1.807) is 0 Å². The molecule has 2 aromatic carbocycles. The summed E-state index contributed by atoms with van der Waals surface area (Å²) in [7, 11) is 0. The van der Waals surface area contributed by atoms with Crippen LogP contribution in [0.3, 0.4) is 0 Å². The number of hydrogen-bond donors (Lipinski definition) is 1. The van der Waals surface area contributed by atoms with Crippen molar-refractivity contribution in [1.82, 2.24) is 0 Å². The fourth-order valence-corrected chi connectivity index (χ4v) is 1.89. The van der Waals surface area contributed by atoms with E-state index in [4.69, 9.17) is 10.5 Å². The first-order chi connectivity index (χ1) is 8.56. The first-order valence-corrected chi connectivity index (χ1v) is 5.97. The van der Waals surface area contributed by atoms with Crippen LogP contribution in [0.25, 0.3) is 0 Å². The van der Waals surface area contributed by atoms with Crippen molar-refractivity contribution in [2.24, 2.45) is 0 Å². The van der Waals surface area contributed by atoms with Gasteiger partial charge in [0.1, 0.15) is 12.4 Å². The molecule has 2 nitrogen and oxygen atoms in total. The van der Waals surface area contributed by atoms with Gasteiger partial charge in [-0.2, -0.15) is 0 Å². The molecule has 0 saturated carbocycles. The zero-order valence-corrected chi connectivity index (χ0v) is 10.9. The molecule has 0 amide bonds. The number of benzene rings is 2. The Balaban J connectivity index is 2.13. The van der Waals surface area contributed by atoms with E-state index in [-0.39, 0.29) is 18.0 Å². The summed E-state index contributed by atoms with van der Waals surface area (Å²) in [6, 6.07) is 9.23. The van der Waals surface area contributed by atoms with Crippen LogP contribution in [0.15, 0.2) is 40.9 Å².